The minimum Gasteiger partial charge on any atom is -0.497 e. The molecule has 31 heavy (non-hydrogen) atoms. The molecular formula is C24H26N2O4S. The van der Waals surface area contributed by atoms with E-state index in [0.717, 1.165) is 5.56 Å². The molecule has 0 fully saturated rings. The number of hydrogen-bond donors (Lipinski definition) is 1. The lowest BCUT2D eigenvalue weighted by Gasteiger charge is -2.28. The van der Waals surface area contributed by atoms with Crippen molar-refractivity contribution in [1.82, 2.24) is 4.31 Å². The van der Waals surface area contributed by atoms with Gasteiger partial charge in [0.05, 0.1) is 18.0 Å². The Bertz CT molecular complexity index is 1130. The van der Waals surface area contributed by atoms with Crippen LogP contribution in [0.25, 0.3) is 0 Å². The van der Waals surface area contributed by atoms with Crippen LogP contribution in [0.2, 0.25) is 0 Å². The molecule has 1 N–H and O–H groups in total. The second-order valence-corrected chi connectivity index (χ2v) is 9.24. The van der Waals surface area contributed by atoms with Gasteiger partial charge in [0, 0.05) is 19.2 Å². The Morgan fingerprint density at radius 3 is 2.29 bits per heavy atom. The molecule has 1 atom stereocenters. The predicted octanol–water partition coefficient (Wildman–Crippen LogP) is 4.39. The van der Waals surface area contributed by atoms with Crippen molar-refractivity contribution in [3.63, 3.8) is 0 Å². The third-order valence-electron chi connectivity index (χ3n) is 5.04. The molecule has 0 saturated heterocycles. The highest BCUT2D eigenvalue weighted by molar-refractivity contribution is 7.89. The third-order valence-corrected chi connectivity index (χ3v) is 6.92. The van der Waals surface area contributed by atoms with E-state index in [9.17, 15) is 13.2 Å². The molecule has 3 aromatic carbocycles. The highest BCUT2D eigenvalue weighted by Gasteiger charge is 2.31. The van der Waals surface area contributed by atoms with Crippen LogP contribution >= 0.6 is 0 Å². The zero-order chi connectivity index (χ0) is 22.4. The number of methoxy groups -OCH3 is 1. The largest absolute Gasteiger partial charge is 0.497 e. The fourth-order valence-electron chi connectivity index (χ4n) is 3.32. The maximum Gasteiger partial charge on any atom is 0.243 e. The van der Waals surface area contributed by atoms with Crippen molar-refractivity contribution in [2.24, 2.45) is 0 Å². The van der Waals surface area contributed by atoms with Crippen LogP contribution in [0.4, 0.5) is 5.69 Å². The fourth-order valence-corrected chi connectivity index (χ4v) is 4.68. The summed E-state index contributed by atoms with van der Waals surface area (Å²) in [6, 6.07) is 22.0. The Balaban J connectivity index is 1.91. The van der Waals surface area contributed by atoms with Gasteiger partial charge in [0.2, 0.25) is 15.9 Å². The van der Waals surface area contributed by atoms with E-state index in [-0.39, 0.29) is 17.2 Å². The first kappa shape index (κ1) is 22.5. The second-order valence-electron chi connectivity index (χ2n) is 7.25. The number of anilines is 1. The quantitative estimate of drug-likeness (QED) is 0.566. The topological polar surface area (TPSA) is 75.7 Å². The van der Waals surface area contributed by atoms with Gasteiger partial charge in [-0.25, -0.2) is 8.42 Å². The summed E-state index contributed by atoms with van der Waals surface area (Å²) in [6.45, 7) is 1.94. The van der Waals surface area contributed by atoms with E-state index in [4.69, 9.17) is 4.74 Å². The fraction of sp³-hybridized carbons (Fsp3) is 0.208. The Hall–Kier alpha value is -3.16. The van der Waals surface area contributed by atoms with Gasteiger partial charge in [-0.15, -0.1) is 0 Å². The average Bonchev–Trinajstić information content (AvgIpc) is 2.77. The summed E-state index contributed by atoms with van der Waals surface area (Å²) in [6.07, 6.45) is -0.0389. The molecule has 162 valence electrons. The number of carbonyl (C=O) groups is 1. The summed E-state index contributed by atoms with van der Waals surface area (Å²) in [7, 11) is -0.745. The van der Waals surface area contributed by atoms with Crippen LogP contribution in [0, 0.1) is 6.92 Å². The second kappa shape index (κ2) is 9.76. The lowest BCUT2D eigenvalue weighted by Crippen LogP contribution is -2.33. The molecule has 7 heteroatoms. The van der Waals surface area contributed by atoms with Crippen LogP contribution in [0.15, 0.2) is 83.8 Å². The molecule has 0 aliphatic heterocycles. The van der Waals surface area contributed by atoms with Gasteiger partial charge in [-0.1, -0.05) is 42.5 Å². The minimum atomic E-state index is -3.81. The van der Waals surface area contributed by atoms with Crippen LogP contribution in [0.3, 0.4) is 0 Å². The molecule has 0 bridgehead atoms. The van der Waals surface area contributed by atoms with Gasteiger partial charge in [-0.2, -0.15) is 4.31 Å². The van der Waals surface area contributed by atoms with Crippen LogP contribution in [0.5, 0.6) is 5.75 Å². The Morgan fingerprint density at radius 1 is 1.00 bits per heavy atom. The number of nitrogens with one attached hydrogen (secondary N) is 1. The van der Waals surface area contributed by atoms with Gasteiger partial charge in [0.25, 0.3) is 0 Å². The molecule has 0 aliphatic rings. The lowest BCUT2D eigenvalue weighted by molar-refractivity contribution is -0.117. The van der Waals surface area contributed by atoms with E-state index in [1.54, 1.807) is 67.8 Å². The molecule has 0 saturated carbocycles. The average molecular weight is 439 g/mol. The summed E-state index contributed by atoms with van der Waals surface area (Å²) >= 11 is 0. The summed E-state index contributed by atoms with van der Waals surface area (Å²) in [5.74, 6) is 0.377. The number of sulfonamides is 1. The maximum absolute atomic E-state index is 13.2. The van der Waals surface area contributed by atoms with Crippen LogP contribution < -0.4 is 10.1 Å². The van der Waals surface area contributed by atoms with E-state index < -0.39 is 16.1 Å². The Labute approximate surface area is 183 Å². The Morgan fingerprint density at radius 2 is 1.68 bits per heavy atom. The van der Waals surface area contributed by atoms with Crippen molar-refractivity contribution in [1.29, 1.82) is 0 Å². The number of nitrogens with zero attached hydrogens (tertiary/aromatic N) is 1. The predicted molar refractivity (Wildman–Crippen MR) is 122 cm³/mol. The number of amides is 1. The van der Waals surface area contributed by atoms with Crippen LogP contribution in [-0.4, -0.2) is 32.8 Å². The molecule has 6 nitrogen and oxygen atoms in total. The Kier molecular flexibility index (Phi) is 7.09. The van der Waals surface area contributed by atoms with Crippen molar-refractivity contribution in [2.75, 3.05) is 19.5 Å². The van der Waals surface area contributed by atoms with E-state index in [0.29, 0.717) is 17.0 Å². The highest BCUT2D eigenvalue weighted by Crippen LogP contribution is 2.30. The number of hydrogen-bond acceptors (Lipinski definition) is 4. The smallest absolute Gasteiger partial charge is 0.243 e. The normalized spacial score (nSPS) is 12.4. The number of ether oxygens (including phenoxy) is 1. The minimum absolute atomic E-state index is 0.0389. The SMILES string of the molecule is COc1ccc([C@H](CC(=O)Nc2cccc(C)c2)N(C)S(=O)(=O)c2ccccc2)cc1. The summed E-state index contributed by atoms with van der Waals surface area (Å²) in [5.41, 5.74) is 2.39. The standard InChI is InChI=1S/C24H26N2O4S/c1-18-8-7-9-20(16-18)25-24(27)17-23(19-12-14-21(30-3)15-13-19)26(2)31(28,29)22-10-5-4-6-11-22/h4-16,23H,17H2,1-3H3,(H,25,27)/t23-/m0/s1. The molecule has 3 rings (SSSR count). The number of aryl methyl sites for hydroxylation is 1. The summed E-state index contributed by atoms with van der Waals surface area (Å²) in [4.78, 5) is 13.0. The molecular weight excluding hydrogens is 412 g/mol. The molecule has 0 aromatic heterocycles. The van der Waals surface area contributed by atoms with Gasteiger partial charge >= 0.3 is 0 Å². The van der Waals surface area contributed by atoms with Gasteiger partial charge in [-0.3, -0.25) is 4.79 Å². The van der Waals surface area contributed by atoms with E-state index in [2.05, 4.69) is 5.32 Å². The summed E-state index contributed by atoms with van der Waals surface area (Å²) in [5, 5.41) is 2.87. The molecule has 0 heterocycles. The third kappa shape index (κ3) is 5.51. The maximum atomic E-state index is 13.2. The van der Waals surface area contributed by atoms with Crippen molar-refractivity contribution < 1.29 is 17.9 Å². The van der Waals surface area contributed by atoms with Crippen molar-refractivity contribution in [2.45, 2.75) is 24.3 Å². The zero-order valence-electron chi connectivity index (χ0n) is 17.8. The first-order valence-electron chi connectivity index (χ1n) is 9.85. The zero-order valence-corrected chi connectivity index (χ0v) is 18.6. The van der Waals surface area contributed by atoms with Crippen LogP contribution in [-0.2, 0) is 14.8 Å². The molecule has 0 aliphatic carbocycles. The molecule has 0 spiro atoms. The highest BCUT2D eigenvalue weighted by atomic mass is 32.2. The molecule has 0 radical (unpaired) electrons. The first-order chi connectivity index (χ1) is 14.8. The van der Waals surface area contributed by atoms with E-state index >= 15 is 0 Å². The van der Waals surface area contributed by atoms with Gasteiger partial charge in [0.1, 0.15) is 5.75 Å². The number of carbonyl (C=O) groups excluding carboxylic acids is 1. The van der Waals surface area contributed by atoms with Crippen LogP contribution in [0.1, 0.15) is 23.6 Å². The molecule has 0 unspecified atom stereocenters. The lowest BCUT2D eigenvalue weighted by atomic mass is 10.0. The summed E-state index contributed by atoms with van der Waals surface area (Å²) < 4.78 is 32.9. The van der Waals surface area contributed by atoms with Crippen molar-refractivity contribution in [3.05, 3.63) is 90.0 Å². The number of benzene rings is 3. The molecule has 1 amide bonds. The van der Waals surface area contributed by atoms with Gasteiger partial charge in [-0.05, 0) is 54.4 Å². The van der Waals surface area contributed by atoms with Gasteiger partial charge < -0.3 is 10.1 Å². The molecule has 3 aromatic rings. The monoisotopic (exact) mass is 438 g/mol. The number of rotatable bonds is 8. The van der Waals surface area contributed by atoms with E-state index in [1.807, 2.05) is 25.1 Å². The van der Waals surface area contributed by atoms with E-state index in [1.165, 1.54) is 11.4 Å². The first-order valence-corrected chi connectivity index (χ1v) is 11.3. The van der Waals surface area contributed by atoms with Crippen molar-refractivity contribution >= 4 is 21.6 Å². The van der Waals surface area contributed by atoms with Gasteiger partial charge in [0.15, 0.2) is 0 Å². The van der Waals surface area contributed by atoms with Crippen molar-refractivity contribution in [3.8, 4) is 5.75 Å².